The standard InChI is InChI=1S/C28H47N3O5/c1-4-5-6-8-27-9-12-28(13-10-27,14-11-27)19-36-26(35)31-23(16-20(2)3)25(34)30-22(18-32)17-21-7-15-29-24(21)33/h18,20-23H,4-17,19H2,1-3H3,(H,29,33)(H,30,34)(H,31,35)/t21-,22+,23+,27?,28?/m1/s1. The van der Waals surface area contributed by atoms with E-state index in [1.54, 1.807) is 0 Å². The Labute approximate surface area is 216 Å². The Balaban J connectivity index is 1.48. The molecule has 4 aliphatic rings. The van der Waals surface area contributed by atoms with E-state index in [0.29, 0.717) is 37.7 Å². The first kappa shape index (κ1) is 28.5. The Hall–Kier alpha value is -2.12. The second-order valence-electron chi connectivity index (χ2n) is 12.1. The third-order valence-electron chi connectivity index (χ3n) is 8.89. The molecule has 1 saturated heterocycles. The molecule has 0 aromatic rings. The summed E-state index contributed by atoms with van der Waals surface area (Å²) in [7, 11) is 0. The van der Waals surface area contributed by atoms with Gasteiger partial charge in [-0.05, 0) is 75.5 Å². The van der Waals surface area contributed by atoms with Crippen LogP contribution >= 0.6 is 0 Å². The smallest absolute Gasteiger partial charge is 0.407 e. The topological polar surface area (TPSA) is 114 Å². The Morgan fingerprint density at radius 1 is 1.08 bits per heavy atom. The van der Waals surface area contributed by atoms with E-state index in [0.717, 1.165) is 19.3 Å². The van der Waals surface area contributed by atoms with Crippen molar-refractivity contribution >= 4 is 24.2 Å². The van der Waals surface area contributed by atoms with Crippen molar-refractivity contribution in [2.45, 2.75) is 116 Å². The molecule has 3 atom stereocenters. The summed E-state index contributed by atoms with van der Waals surface area (Å²) in [6.07, 6.45) is 13.7. The van der Waals surface area contributed by atoms with Crippen molar-refractivity contribution in [1.29, 1.82) is 0 Å². The quantitative estimate of drug-likeness (QED) is 0.241. The number of hydrogen-bond donors (Lipinski definition) is 3. The van der Waals surface area contributed by atoms with Gasteiger partial charge in [-0.1, -0.05) is 40.0 Å². The number of amides is 3. The normalized spacial score (nSPS) is 28.9. The zero-order valence-corrected chi connectivity index (χ0v) is 22.5. The Bertz CT molecular complexity index is 759. The average molecular weight is 506 g/mol. The van der Waals surface area contributed by atoms with Gasteiger partial charge in [0.05, 0.1) is 12.6 Å². The molecule has 0 aromatic heterocycles. The van der Waals surface area contributed by atoms with Crippen LogP contribution in [0.4, 0.5) is 4.79 Å². The first-order valence-electron chi connectivity index (χ1n) is 14.2. The third-order valence-corrected chi connectivity index (χ3v) is 8.89. The van der Waals surface area contributed by atoms with Gasteiger partial charge < -0.3 is 25.5 Å². The molecule has 0 radical (unpaired) electrons. The van der Waals surface area contributed by atoms with Crippen LogP contribution in [0.25, 0.3) is 0 Å². The van der Waals surface area contributed by atoms with Gasteiger partial charge in [-0.3, -0.25) is 9.59 Å². The zero-order chi connectivity index (χ0) is 26.2. The summed E-state index contributed by atoms with van der Waals surface area (Å²) in [5, 5.41) is 8.22. The summed E-state index contributed by atoms with van der Waals surface area (Å²) in [5.41, 5.74) is 0.581. The largest absolute Gasteiger partial charge is 0.449 e. The lowest BCUT2D eigenvalue weighted by molar-refractivity contribution is -0.127. The number of nitrogens with one attached hydrogen (secondary N) is 3. The lowest BCUT2D eigenvalue weighted by Gasteiger charge is -2.53. The van der Waals surface area contributed by atoms with Crippen LogP contribution in [0.1, 0.15) is 104 Å². The van der Waals surface area contributed by atoms with Crippen molar-refractivity contribution in [1.82, 2.24) is 16.0 Å². The van der Waals surface area contributed by atoms with Crippen molar-refractivity contribution in [2.24, 2.45) is 22.7 Å². The van der Waals surface area contributed by atoms with Crippen LogP contribution in [-0.4, -0.2) is 49.4 Å². The van der Waals surface area contributed by atoms with Crippen LogP contribution in [-0.2, 0) is 19.1 Å². The van der Waals surface area contributed by atoms with Crippen molar-refractivity contribution in [3.63, 3.8) is 0 Å². The zero-order valence-electron chi connectivity index (χ0n) is 22.5. The molecular formula is C28H47N3O5. The molecule has 0 unspecified atom stereocenters. The minimum Gasteiger partial charge on any atom is -0.449 e. The van der Waals surface area contributed by atoms with Gasteiger partial charge in [-0.25, -0.2) is 4.79 Å². The van der Waals surface area contributed by atoms with E-state index in [9.17, 15) is 19.2 Å². The summed E-state index contributed by atoms with van der Waals surface area (Å²) in [5.74, 6) is -0.619. The maximum Gasteiger partial charge on any atom is 0.407 e. The molecule has 0 aromatic carbocycles. The fraction of sp³-hybridized carbons (Fsp3) is 0.857. The van der Waals surface area contributed by atoms with E-state index < -0.39 is 24.1 Å². The SMILES string of the molecule is CCCCCC12CCC(COC(=O)N[C@@H](CC(C)C)C(=O)N[C@H](C=O)C[C@H]3CCNC3=O)(CC1)CC2. The highest BCUT2D eigenvalue weighted by Gasteiger charge is 2.48. The minimum atomic E-state index is -0.793. The number of aldehydes is 1. The first-order valence-corrected chi connectivity index (χ1v) is 14.2. The number of ether oxygens (including phenoxy) is 1. The van der Waals surface area contributed by atoms with Gasteiger partial charge in [0.1, 0.15) is 12.3 Å². The molecule has 2 bridgehead atoms. The predicted molar refractivity (Wildman–Crippen MR) is 138 cm³/mol. The van der Waals surface area contributed by atoms with Crippen LogP contribution in [0.15, 0.2) is 0 Å². The maximum absolute atomic E-state index is 13.0. The number of unbranched alkanes of at least 4 members (excludes halogenated alkanes) is 2. The first-order chi connectivity index (χ1) is 17.2. The summed E-state index contributed by atoms with van der Waals surface area (Å²) >= 11 is 0. The number of carbonyl (C=O) groups excluding carboxylic acids is 4. The number of alkyl carbamates (subject to hydrolysis) is 1. The van der Waals surface area contributed by atoms with Crippen LogP contribution in [0.3, 0.4) is 0 Å². The van der Waals surface area contributed by atoms with Gasteiger partial charge in [-0.2, -0.15) is 0 Å². The number of rotatable bonds is 14. The van der Waals surface area contributed by atoms with Crippen LogP contribution in [0.5, 0.6) is 0 Å². The Morgan fingerprint density at radius 3 is 2.31 bits per heavy atom. The van der Waals surface area contributed by atoms with Crippen molar-refractivity contribution in [3.05, 3.63) is 0 Å². The van der Waals surface area contributed by atoms with Crippen molar-refractivity contribution < 1.29 is 23.9 Å². The summed E-state index contributed by atoms with van der Waals surface area (Å²) in [6.45, 7) is 7.19. The van der Waals surface area contributed by atoms with Gasteiger partial charge in [0.25, 0.3) is 0 Å². The highest BCUT2D eigenvalue weighted by molar-refractivity contribution is 5.88. The van der Waals surface area contributed by atoms with Crippen molar-refractivity contribution in [2.75, 3.05) is 13.2 Å². The van der Waals surface area contributed by atoms with E-state index >= 15 is 0 Å². The minimum absolute atomic E-state index is 0.0735. The fourth-order valence-electron chi connectivity index (χ4n) is 6.40. The van der Waals surface area contributed by atoms with Crippen molar-refractivity contribution in [3.8, 4) is 0 Å². The van der Waals surface area contributed by atoms with Gasteiger partial charge in [0, 0.05) is 17.9 Å². The fourth-order valence-corrected chi connectivity index (χ4v) is 6.40. The highest BCUT2D eigenvalue weighted by Crippen LogP contribution is 2.58. The molecule has 3 amide bonds. The molecule has 4 fully saturated rings. The number of carbonyl (C=O) groups is 4. The lowest BCUT2D eigenvalue weighted by atomic mass is 9.53. The third kappa shape index (κ3) is 7.69. The highest BCUT2D eigenvalue weighted by atomic mass is 16.5. The molecular weight excluding hydrogens is 458 g/mol. The van der Waals surface area contributed by atoms with Gasteiger partial charge in [-0.15, -0.1) is 0 Å². The van der Waals surface area contributed by atoms with E-state index in [1.165, 1.54) is 44.9 Å². The lowest BCUT2D eigenvalue weighted by Crippen LogP contribution is -2.51. The Kier molecular flexibility index (Phi) is 10.2. The second kappa shape index (κ2) is 12.9. The molecule has 0 spiro atoms. The summed E-state index contributed by atoms with van der Waals surface area (Å²) in [6, 6.07) is -1.56. The monoisotopic (exact) mass is 505 g/mol. The number of hydrogen-bond acceptors (Lipinski definition) is 5. The molecule has 3 saturated carbocycles. The number of fused-ring (bicyclic) bond motifs is 3. The van der Waals surface area contributed by atoms with Crippen LogP contribution < -0.4 is 16.0 Å². The van der Waals surface area contributed by atoms with Crippen LogP contribution in [0.2, 0.25) is 0 Å². The van der Waals surface area contributed by atoms with E-state index in [4.69, 9.17) is 4.74 Å². The molecule has 1 heterocycles. The van der Waals surface area contributed by atoms with E-state index in [-0.39, 0.29) is 29.6 Å². The molecule has 36 heavy (non-hydrogen) atoms. The molecule has 3 N–H and O–H groups in total. The summed E-state index contributed by atoms with van der Waals surface area (Å²) in [4.78, 5) is 49.1. The van der Waals surface area contributed by atoms with Gasteiger partial charge >= 0.3 is 6.09 Å². The average Bonchev–Trinajstić information content (AvgIpc) is 3.27. The van der Waals surface area contributed by atoms with Gasteiger partial charge in [0.2, 0.25) is 11.8 Å². The predicted octanol–water partition coefficient (Wildman–Crippen LogP) is 4.26. The molecule has 4 rings (SSSR count). The van der Waals surface area contributed by atoms with Gasteiger partial charge in [0.15, 0.2) is 0 Å². The van der Waals surface area contributed by atoms with E-state index in [1.807, 2.05) is 13.8 Å². The molecule has 3 aliphatic carbocycles. The maximum atomic E-state index is 13.0. The van der Waals surface area contributed by atoms with Crippen LogP contribution in [0, 0.1) is 22.7 Å². The molecule has 8 nitrogen and oxygen atoms in total. The Morgan fingerprint density at radius 2 is 1.75 bits per heavy atom. The second-order valence-corrected chi connectivity index (χ2v) is 12.1. The summed E-state index contributed by atoms with van der Waals surface area (Å²) < 4.78 is 5.69. The van der Waals surface area contributed by atoms with E-state index in [2.05, 4.69) is 22.9 Å². The molecule has 8 heteroatoms. The molecule has 204 valence electrons. The molecule has 1 aliphatic heterocycles.